The quantitative estimate of drug-likeness (QED) is 0.465. The predicted molar refractivity (Wildman–Crippen MR) is 90.6 cm³/mol. The lowest BCUT2D eigenvalue weighted by Crippen LogP contribution is -1.88. The third-order valence-electron chi connectivity index (χ3n) is 3.76. The van der Waals surface area contributed by atoms with E-state index in [9.17, 15) is 0 Å². The Balaban J connectivity index is 1.98. The number of fused-ring (bicyclic) bond motifs is 2. The van der Waals surface area contributed by atoms with Gasteiger partial charge in [-0.05, 0) is 51.8 Å². The normalized spacial score (nSPS) is 11.3. The summed E-state index contributed by atoms with van der Waals surface area (Å²) in [6, 6.07) is 19.1. The molecule has 21 heavy (non-hydrogen) atoms. The van der Waals surface area contributed by atoms with Gasteiger partial charge in [-0.15, -0.1) is 0 Å². The van der Waals surface area contributed by atoms with E-state index in [-0.39, 0.29) is 0 Å². The monoisotopic (exact) mass is 336 g/mol. The molecule has 0 aliphatic carbocycles. The minimum atomic E-state index is 0.877. The van der Waals surface area contributed by atoms with Crippen LogP contribution in [0.25, 0.3) is 27.7 Å². The molecular formula is C18H13BrN2. The number of aryl methyl sites for hydroxylation is 1. The summed E-state index contributed by atoms with van der Waals surface area (Å²) in [6.45, 7) is 2.12. The number of aromatic nitrogens is 2. The van der Waals surface area contributed by atoms with Gasteiger partial charge in [-0.3, -0.25) is 4.40 Å². The predicted octanol–water partition coefficient (Wildman–Crippen LogP) is 5.23. The number of rotatable bonds is 1. The second kappa shape index (κ2) is 4.71. The van der Waals surface area contributed by atoms with Crippen molar-refractivity contribution in [2.75, 3.05) is 0 Å². The fraction of sp³-hybridized carbons (Fsp3) is 0.0556. The average Bonchev–Trinajstić information content (AvgIpc) is 2.84. The first-order chi connectivity index (χ1) is 10.2. The molecule has 0 unspecified atom stereocenters. The van der Waals surface area contributed by atoms with Gasteiger partial charge < -0.3 is 0 Å². The average molecular weight is 337 g/mol. The Morgan fingerprint density at radius 2 is 1.76 bits per heavy atom. The van der Waals surface area contributed by atoms with E-state index in [1.54, 1.807) is 0 Å². The largest absolute Gasteiger partial charge is 0.299 e. The van der Waals surface area contributed by atoms with Crippen LogP contribution in [0.4, 0.5) is 0 Å². The number of hydrogen-bond donors (Lipinski definition) is 0. The molecule has 2 aromatic heterocycles. The van der Waals surface area contributed by atoms with E-state index in [0.29, 0.717) is 0 Å². The maximum absolute atomic E-state index is 4.66. The molecule has 102 valence electrons. The van der Waals surface area contributed by atoms with Crippen molar-refractivity contribution in [2.45, 2.75) is 6.92 Å². The Bertz CT molecular complexity index is 969. The number of benzene rings is 2. The SMILES string of the molecule is Cc1ccc2cc(-c3nc(Br)c4ccccn34)ccc2c1. The third-order valence-corrected chi connectivity index (χ3v) is 4.34. The van der Waals surface area contributed by atoms with Crippen molar-refractivity contribution < 1.29 is 0 Å². The van der Waals surface area contributed by atoms with E-state index in [4.69, 9.17) is 0 Å². The summed E-state index contributed by atoms with van der Waals surface area (Å²) in [6.07, 6.45) is 2.04. The van der Waals surface area contributed by atoms with Crippen LogP contribution in [0.3, 0.4) is 0 Å². The highest BCUT2D eigenvalue weighted by Crippen LogP contribution is 2.28. The molecule has 3 heteroatoms. The minimum Gasteiger partial charge on any atom is -0.299 e. The summed E-state index contributed by atoms with van der Waals surface area (Å²) in [5.74, 6) is 0.958. The molecule has 4 aromatic rings. The van der Waals surface area contributed by atoms with Crippen molar-refractivity contribution in [3.8, 4) is 11.4 Å². The summed E-state index contributed by atoms with van der Waals surface area (Å²) in [5.41, 5.74) is 3.49. The van der Waals surface area contributed by atoms with E-state index in [0.717, 1.165) is 21.5 Å². The smallest absolute Gasteiger partial charge is 0.145 e. The number of nitrogens with zero attached hydrogens (tertiary/aromatic N) is 2. The lowest BCUT2D eigenvalue weighted by atomic mass is 10.0. The molecule has 2 heterocycles. The number of imidazole rings is 1. The van der Waals surface area contributed by atoms with Crippen molar-refractivity contribution in [3.05, 3.63) is 71.0 Å². The summed E-state index contributed by atoms with van der Waals surface area (Å²) in [5, 5.41) is 2.50. The van der Waals surface area contributed by atoms with Gasteiger partial charge in [0, 0.05) is 11.8 Å². The van der Waals surface area contributed by atoms with Gasteiger partial charge in [0.2, 0.25) is 0 Å². The fourth-order valence-electron chi connectivity index (χ4n) is 2.71. The summed E-state index contributed by atoms with van der Waals surface area (Å²) in [4.78, 5) is 4.66. The first-order valence-corrected chi connectivity index (χ1v) is 7.65. The van der Waals surface area contributed by atoms with Crippen molar-refractivity contribution in [2.24, 2.45) is 0 Å². The Morgan fingerprint density at radius 3 is 2.67 bits per heavy atom. The molecule has 0 fully saturated rings. The molecule has 0 amide bonds. The molecule has 4 rings (SSSR count). The molecule has 0 bridgehead atoms. The van der Waals surface area contributed by atoms with Crippen LogP contribution in [0.5, 0.6) is 0 Å². The van der Waals surface area contributed by atoms with Crippen LogP contribution in [-0.4, -0.2) is 9.38 Å². The second-order valence-corrected chi connectivity index (χ2v) is 6.00. The minimum absolute atomic E-state index is 0.877. The van der Waals surface area contributed by atoms with Gasteiger partial charge >= 0.3 is 0 Å². The van der Waals surface area contributed by atoms with Crippen LogP contribution in [0.1, 0.15) is 5.56 Å². The van der Waals surface area contributed by atoms with Gasteiger partial charge in [0.1, 0.15) is 10.4 Å². The lowest BCUT2D eigenvalue weighted by Gasteiger charge is -2.04. The van der Waals surface area contributed by atoms with Crippen molar-refractivity contribution in [3.63, 3.8) is 0 Å². The van der Waals surface area contributed by atoms with Gasteiger partial charge in [-0.25, -0.2) is 4.98 Å². The van der Waals surface area contributed by atoms with E-state index >= 15 is 0 Å². The molecule has 0 saturated heterocycles. The van der Waals surface area contributed by atoms with Gasteiger partial charge in [0.05, 0.1) is 5.52 Å². The first kappa shape index (κ1) is 12.6. The zero-order valence-electron chi connectivity index (χ0n) is 11.5. The summed E-state index contributed by atoms with van der Waals surface area (Å²) in [7, 11) is 0. The Kier molecular flexibility index (Phi) is 2.82. The fourth-order valence-corrected chi connectivity index (χ4v) is 3.20. The van der Waals surface area contributed by atoms with Gasteiger partial charge in [0.25, 0.3) is 0 Å². The van der Waals surface area contributed by atoms with E-state index in [1.165, 1.54) is 16.3 Å². The number of hydrogen-bond acceptors (Lipinski definition) is 1. The van der Waals surface area contributed by atoms with E-state index in [1.807, 2.05) is 18.3 Å². The van der Waals surface area contributed by atoms with E-state index in [2.05, 4.69) is 74.7 Å². The molecule has 2 nitrogen and oxygen atoms in total. The Hall–Kier alpha value is -2.13. The maximum Gasteiger partial charge on any atom is 0.145 e. The van der Waals surface area contributed by atoms with Crippen LogP contribution in [0, 0.1) is 6.92 Å². The molecule has 0 saturated carbocycles. The Morgan fingerprint density at radius 1 is 0.952 bits per heavy atom. The van der Waals surface area contributed by atoms with Gasteiger partial charge in [-0.1, -0.05) is 42.0 Å². The van der Waals surface area contributed by atoms with Crippen LogP contribution >= 0.6 is 15.9 Å². The standard InChI is InChI=1S/C18H13BrN2/c1-12-5-6-14-11-15(8-7-13(14)10-12)18-20-17(19)16-4-2-3-9-21(16)18/h2-11H,1H3. The zero-order valence-corrected chi connectivity index (χ0v) is 13.1. The molecule has 0 N–H and O–H groups in total. The van der Waals surface area contributed by atoms with Crippen LogP contribution in [-0.2, 0) is 0 Å². The van der Waals surface area contributed by atoms with Crippen LogP contribution in [0.2, 0.25) is 0 Å². The maximum atomic E-state index is 4.66. The lowest BCUT2D eigenvalue weighted by molar-refractivity contribution is 1.16. The molecule has 0 atom stereocenters. The molecule has 0 aliphatic rings. The Labute approximate surface area is 131 Å². The number of halogens is 1. The molecule has 0 aliphatic heterocycles. The summed E-state index contributed by atoms with van der Waals surface area (Å²) >= 11 is 3.54. The van der Waals surface area contributed by atoms with Crippen LogP contribution in [0.15, 0.2) is 65.4 Å². The molecular weight excluding hydrogens is 324 g/mol. The highest BCUT2D eigenvalue weighted by Gasteiger charge is 2.10. The zero-order chi connectivity index (χ0) is 14.4. The number of pyridine rings is 1. The third kappa shape index (κ3) is 2.05. The summed E-state index contributed by atoms with van der Waals surface area (Å²) < 4.78 is 2.99. The van der Waals surface area contributed by atoms with Crippen molar-refractivity contribution in [1.29, 1.82) is 0 Å². The van der Waals surface area contributed by atoms with Crippen LogP contribution < -0.4 is 0 Å². The van der Waals surface area contributed by atoms with Gasteiger partial charge in [-0.2, -0.15) is 0 Å². The van der Waals surface area contributed by atoms with Crippen molar-refractivity contribution in [1.82, 2.24) is 9.38 Å². The second-order valence-electron chi connectivity index (χ2n) is 5.25. The molecule has 2 aromatic carbocycles. The van der Waals surface area contributed by atoms with Crippen molar-refractivity contribution >= 4 is 32.2 Å². The highest BCUT2D eigenvalue weighted by atomic mass is 79.9. The molecule has 0 radical (unpaired) electrons. The topological polar surface area (TPSA) is 17.3 Å². The molecule has 0 spiro atoms. The van der Waals surface area contributed by atoms with E-state index < -0.39 is 0 Å². The highest BCUT2D eigenvalue weighted by molar-refractivity contribution is 9.10. The van der Waals surface area contributed by atoms with Gasteiger partial charge in [0.15, 0.2) is 0 Å². The first-order valence-electron chi connectivity index (χ1n) is 6.86.